The Morgan fingerprint density at radius 1 is 1.08 bits per heavy atom. The van der Waals surface area contributed by atoms with Crippen LogP contribution < -0.4 is 0 Å². The molecule has 0 saturated carbocycles. The first-order valence-electron chi connectivity index (χ1n) is 2.89. The molecule has 1 fully saturated rings. The molecule has 1 aliphatic heterocycles. The van der Waals surface area contributed by atoms with Gasteiger partial charge in [-0.15, -0.1) is 0 Å². The zero-order valence-corrected chi connectivity index (χ0v) is 6.57. The number of hydrogen-bond acceptors (Lipinski definition) is 1. The summed E-state index contributed by atoms with van der Waals surface area (Å²) in [4.78, 5) is 0. The molecule has 0 radical (unpaired) electrons. The summed E-state index contributed by atoms with van der Waals surface area (Å²) in [5.41, 5.74) is -7.31. The molecule has 0 amide bonds. The molecule has 0 nitrogen and oxygen atoms in total. The van der Waals surface area contributed by atoms with E-state index in [1.165, 1.54) is 0 Å². The standard InChI is InChI=1S/C5H4F6S/c1-3(7)4(8,9)2(6)12-5(3,10)11/h2H,1H3. The number of hydrogen-bond donors (Lipinski definition) is 0. The van der Waals surface area contributed by atoms with Crippen molar-refractivity contribution in [2.24, 2.45) is 0 Å². The van der Waals surface area contributed by atoms with E-state index in [0.717, 1.165) is 0 Å². The summed E-state index contributed by atoms with van der Waals surface area (Å²) in [6.45, 7) is -0.000417. The number of alkyl halides is 6. The summed E-state index contributed by atoms with van der Waals surface area (Å²) in [7, 11) is 0. The van der Waals surface area contributed by atoms with Gasteiger partial charge in [0.05, 0.1) is 0 Å². The minimum absolute atomic E-state index is 0.000417. The maximum atomic E-state index is 12.7. The molecule has 0 bridgehead atoms. The van der Waals surface area contributed by atoms with Gasteiger partial charge in [0.1, 0.15) is 0 Å². The summed E-state index contributed by atoms with van der Waals surface area (Å²) in [5.74, 6) is -4.64. The second kappa shape index (κ2) is 2.24. The molecule has 0 aliphatic carbocycles. The van der Waals surface area contributed by atoms with Crippen molar-refractivity contribution < 1.29 is 26.3 Å². The second-order valence-corrected chi connectivity index (χ2v) is 3.74. The van der Waals surface area contributed by atoms with Crippen LogP contribution >= 0.6 is 11.8 Å². The van der Waals surface area contributed by atoms with Crippen LogP contribution in [0.25, 0.3) is 0 Å². The van der Waals surface area contributed by atoms with Crippen LogP contribution in [0, 0.1) is 0 Å². The molecular formula is C5H4F6S. The SMILES string of the molecule is CC1(F)C(F)(F)SC(F)C1(F)F. The van der Waals surface area contributed by atoms with Crippen molar-refractivity contribution in [3.63, 3.8) is 0 Å². The van der Waals surface area contributed by atoms with E-state index in [1.54, 1.807) is 0 Å². The van der Waals surface area contributed by atoms with Crippen LogP contribution in [0.4, 0.5) is 26.3 Å². The second-order valence-electron chi connectivity index (χ2n) is 2.58. The molecule has 0 aromatic carbocycles. The van der Waals surface area contributed by atoms with Gasteiger partial charge in [0.15, 0.2) is 0 Å². The van der Waals surface area contributed by atoms with Gasteiger partial charge in [0.25, 0.3) is 0 Å². The van der Waals surface area contributed by atoms with E-state index in [1.807, 2.05) is 0 Å². The van der Waals surface area contributed by atoms with E-state index < -0.39 is 34.1 Å². The van der Waals surface area contributed by atoms with Crippen LogP contribution in [0.3, 0.4) is 0 Å². The van der Waals surface area contributed by atoms with Crippen molar-refractivity contribution in [2.75, 3.05) is 0 Å². The summed E-state index contributed by atoms with van der Waals surface area (Å²) in [6.07, 6.45) is 0. The van der Waals surface area contributed by atoms with E-state index in [4.69, 9.17) is 0 Å². The monoisotopic (exact) mass is 210 g/mol. The van der Waals surface area contributed by atoms with Crippen LogP contribution in [0.15, 0.2) is 0 Å². The third-order valence-electron chi connectivity index (χ3n) is 1.71. The normalized spacial score (nSPS) is 44.8. The van der Waals surface area contributed by atoms with Gasteiger partial charge in [-0.05, 0) is 18.7 Å². The summed E-state index contributed by atoms with van der Waals surface area (Å²) < 4.78 is 74.2. The maximum absolute atomic E-state index is 12.7. The molecule has 12 heavy (non-hydrogen) atoms. The molecular weight excluding hydrogens is 206 g/mol. The lowest BCUT2D eigenvalue weighted by atomic mass is 10.0. The van der Waals surface area contributed by atoms with Crippen molar-refractivity contribution in [2.45, 2.75) is 29.3 Å². The third-order valence-corrected chi connectivity index (χ3v) is 2.89. The van der Waals surface area contributed by atoms with Crippen molar-refractivity contribution in [3.05, 3.63) is 0 Å². The highest BCUT2D eigenvalue weighted by atomic mass is 32.2. The van der Waals surface area contributed by atoms with E-state index >= 15 is 0 Å². The molecule has 1 saturated heterocycles. The largest absolute Gasteiger partial charge is 0.335 e. The molecule has 1 aliphatic rings. The van der Waals surface area contributed by atoms with E-state index in [9.17, 15) is 26.3 Å². The number of thioether (sulfide) groups is 1. The van der Waals surface area contributed by atoms with Crippen molar-refractivity contribution in [3.8, 4) is 0 Å². The topological polar surface area (TPSA) is 0 Å². The van der Waals surface area contributed by atoms with E-state index in [0.29, 0.717) is 0 Å². The summed E-state index contributed by atoms with van der Waals surface area (Å²) in [6, 6.07) is 0. The van der Waals surface area contributed by atoms with Crippen molar-refractivity contribution in [1.29, 1.82) is 0 Å². The maximum Gasteiger partial charge on any atom is 0.335 e. The fraction of sp³-hybridized carbons (Fsp3) is 1.00. The Bertz CT molecular complexity index is 200. The highest BCUT2D eigenvalue weighted by Crippen LogP contribution is 2.62. The Morgan fingerprint density at radius 2 is 1.50 bits per heavy atom. The molecule has 1 rings (SSSR count). The molecule has 0 N–H and O–H groups in total. The van der Waals surface area contributed by atoms with Crippen molar-refractivity contribution in [1.82, 2.24) is 0 Å². The summed E-state index contributed by atoms with van der Waals surface area (Å²) >= 11 is -0.988. The zero-order chi connectivity index (χ0) is 9.78. The minimum atomic E-state index is -4.64. The van der Waals surface area contributed by atoms with Crippen LogP contribution in [0.2, 0.25) is 0 Å². The molecule has 0 aromatic rings. The van der Waals surface area contributed by atoms with Gasteiger partial charge < -0.3 is 0 Å². The Kier molecular flexibility index (Phi) is 1.87. The Morgan fingerprint density at radius 3 is 1.58 bits per heavy atom. The first kappa shape index (κ1) is 10.0. The molecule has 1 heterocycles. The Labute approximate surface area is 68.3 Å². The van der Waals surface area contributed by atoms with Gasteiger partial charge in [0, 0.05) is 0 Å². The molecule has 2 unspecified atom stereocenters. The van der Waals surface area contributed by atoms with Gasteiger partial charge in [-0.3, -0.25) is 0 Å². The number of halogens is 6. The highest BCUT2D eigenvalue weighted by molar-refractivity contribution is 8.01. The van der Waals surface area contributed by atoms with Gasteiger partial charge in [-0.2, -0.15) is 17.6 Å². The van der Waals surface area contributed by atoms with Crippen LogP contribution in [-0.2, 0) is 0 Å². The smallest absolute Gasteiger partial charge is 0.230 e. The Hall–Kier alpha value is -0.0700. The molecule has 0 spiro atoms. The lowest BCUT2D eigenvalue weighted by Gasteiger charge is -2.25. The van der Waals surface area contributed by atoms with E-state index in [2.05, 4.69) is 0 Å². The quantitative estimate of drug-likeness (QED) is 0.554. The zero-order valence-electron chi connectivity index (χ0n) is 5.75. The van der Waals surface area contributed by atoms with Crippen LogP contribution in [-0.4, -0.2) is 22.3 Å². The number of rotatable bonds is 0. The lowest BCUT2D eigenvalue weighted by Crippen LogP contribution is -2.49. The molecule has 0 aromatic heterocycles. The summed E-state index contributed by atoms with van der Waals surface area (Å²) in [5, 5.41) is -4.38. The average molecular weight is 210 g/mol. The predicted octanol–water partition coefficient (Wildman–Crippen LogP) is 2.99. The molecule has 72 valence electrons. The van der Waals surface area contributed by atoms with Gasteiger partial charge in [-0.1, -0.05) is 0 Å². The average Bonchev–Trinajstić information content (AvgIpc) is 1.92. The molecule has 7 heteroatoms. The first-order valence-corrected chi connectivity index (χ1v) is 3.77. The van der Waals surface area contributed by atoms with Crippen molar-refractivity contribution >= 4 is 11.8 Å². The first-order chi connectivity index (χ1) is 5.13. The Balaban J connectivity index is 3.10. The minimum Gasteiger partial charge on any atom is -0.230 e. The molecule has 2 atom stereocenters. The fourth-order valence-electron chi connectivity index (χ4n) is 0.722. The van der Waals surface area contributed by atoms with Crippen LogP contribution in [0.1, 0.15) is 6.92 Å². The van der Waals surface area contributed by atoms with Crippen LogP contribution in [0.5, 0.6) is 0 Å². The third kappa shape index (κ3) is 0.946. The fourth-order valence-corrected chi connectivity index (χ4v) is 1.71. The van der Waals surface area contributed by atoms with Gasteiger partial charge >= 0.3 is 11.2 Å². The van der Waals surface area contributed by atoms with E-state index in [-0.39, 0.29) is 6.92 Å². The lowest BCUT2D eigenvalue weighted by molar-refractivity contribution is -0.197. The highest BCUT2D eigenvalue weighted by Gasteiger charge is 2.78. The van der Waals surface area contributed by atoms with Gasteiger partial charge in [-0.25, -0.2) is 8.78 Å². The predicted molar refractivity (Wildman–Crippen MR) is 31.9 cm³/mol. The van der Waals surface area contributed by atoms with Gasteiger partial charge in [0.2, 0.25) is 11.2 Å².